The monoisotopic (exact) mass is 239 g/mol. The van der Waals surface area contributed by atoms with Crippen molar-refractivity contribution in [2.75, 3.05) is 0 Å². The molecular formula is C11H17N3O3. The van der Waals surface area contributed by atoms with E-state index in [4.69, 9.17) is 5.11 Å². The molecule has 0 atom stereocenters. The molecule has 0 radical (unpaired) electrons. The molecule has 0 unspecified atom stereocenters. The Morgan fingerprint density at radius 2 is 2.00 bits per heavy atom. The van der Waals surface area contributed by atoms with Crippen LogP contribution in [0.1, 0.15) is 30.8 Å². The third-order valence-corrected chi connectivity index (χ3v) is 2.60. The summed E-state index contributed by atoms with van der Waals surface area (Å²) in [5.41, 5.74) is 1.13. The van der Waals surface area contributed by atoms with Crippen LogP contribution in [0.2, 0.25) is 0 Å². The fourth-order valence-electron chi connectivity index (χ4n) is 1.44. The van der Waals surface area contributed by atoms with Crippen LogP contribution in [0.4, 0.5) is 0 Å². The molecule has 0 saturated carbocycles. The summed E-state index contributed by atoms with van der Waals surface area (Å²) in [5, 5.41) is 18.1. The van der Waals surface area contributed by atoms with Crippen molar-refractivity contribution in [2.45, 2.75) is 39.7 Å². The third-order valence-electron chi connectivity index (χ3n) is 2.60. The van der Waals surface area contributed by atoms with Gasteiger partial charge in [-0.15, -0.1) is 0 Å². The molecule has 0 fully saturated rings. The standard InChI is InChI=1S/C11H17N3O3/c1-6-8(7(2)14-13-6)5-9(15)12-11(3,4)10(16)17/h5H2,1-4H3,(H,12,15)(H,13,14)(H,16,17). The number of nitrogens with one attached hydrogen (secondary N) is 2. The van der Waals surface area contributed by atoms with Gasteiger partial charge in [-0.3, -0.25) is 9.89 Å². The molecule has 1 aromatic heterocycles. The Morgan fingerprint density at radius 1 is 1.41 bits per heavy atom. The Morgan fingerprint density at radius 3 is 2.41 bits per heavy atom. The van der Waals surface area contributed by atoms with Crippen LogP contribution in [0.25, 0.3) is 0 Å². The second-order valence-electron chi connectivity index (χ2n) is 4.57. The quantitative estimate of drug-likeness (QED) is 0.715. The molecule has 17 heavy (non-hydrogen) atoms. The number of nitrogens with zero attached hydrogens (tertiary/aromatic N) is 1. The van der Waals surface area contributed by atoms with Gasteiger partial charge < -0.3 is 10.4 Å². The molecular weight excluding hydrogens is 222 g/mol. The first-order chi connectivity index (χ1) is 7.74. The highest BCUT2D eigenvalue weighted by Crippen LogP contribution is 2.11. The van der Waals surface area contributed by atoms with Crippen molar-refractivity contribution in [3.8, 4) is 0 Å². The van der Waals surface area contributed by atoms with E-state index < -0.39 is 11.5 Å². The van der Waals surface area contributed by atoms with Crippen LogP contribution in [0, 0.1) is 13.8 Å². The lowest BCUT2D eigenvalue weighted by molar-refractivity contribution is -0.145. The summed E-state index contributed by atoms with van der Waals surface area (Å²) in [6.45, 7) is 6.52. The van der Waals surface area contributed by atoms with Gasteiger partial charge in [0.1, 0.15) is 5.54 Å². The van der Waals surface area contributed by atoms with Gasteiger partial charge in [-0.05, 0) is 27.7 Å². The first-order valence-corrected chi connectivity index (χ1v) is 5.29. The molecule has 1 aromatic rings. The van der Waals surface area contributed by atoms with Crippen LogP contribution < -0.4 is 5.32 Å². The summed E-state index contributed by atoms with van der Waals surface area (Å²) >= 11 is 0. The van der Waals surface area contributed by atoms with E-state index in [1.54, 1.807) is 6.92 Å². The minimum Gasteiger partial charge on any atom is -0.480 e. The number of hydrogen-bond acceptors (Lipinski definition) is 3. The van der Waals surface area contributed by atoms with Gasteiger partial charge in [0.15, 0.2) is 0 Å². The number of aliphatic carboxylic acids is 1. The summed E-state index contributed by atoms with van der Waals surface area (Å²) in [4.78, 5) is 22.6. The largest absolute Gasteiger partial charge is 0.480 e. The number of carboxylic acids is 1. The lowest BCUT2D eigenvalue weighted by Crippen LogP contribution is -2.50. The Bertz CT molecular complexity index is 429. The number of carbonyl (C=O) groups is 2. The van der Waals surface area contributed by atoms with Crippen LogP contribution in [0.3, 0.4) is 0 Å². The van der Waals surface area contributed by atoms with Crippen LogP contribution in [0.15, 0.2) is 0 Å². The molecule has 0 spiro atoms. The number of hydrogen-bond donors (Lipinski definition) is 3. The van der Waals surface area contributed by atoms with E-state index in [0.29, 0.717) is 0 Å². The highest BCUT2D eigenvalue weighted by molar-refractivity contribution is 5.87. The van der Waals surface area contributed by atoms with Crippen molar-refractivity contribution in [1.82, 2.24) is 15.5 Å². The zero-order chi connectivity index (χ0) is 13.2. The average molecular weight is 239 g/mol. The topological polar surface area (TPSA) is 95.1 Å². The van der Waals surface area contributed by atoms with Crippen LogP contribution in [-0.4, -0.2) is 32.7 Å². The zero-order valence-corrected chi connectivity index (χ0v) is 10.4. The molecule has 0 aliphatic heterocycles. The Labute approximate surface area is 99.4 Å². The third kappa shape index (κ3) is 3.05. The van der Waals surface area contributed by atoms with Gasteiger partial charge in [-0.1, -0.05) is 0 Å². The number of H-pyrrole nitrogens is 1. The molecule has 0 aromatic carbocycles. The summed E-state index contributed by atoms with van der Waals surface area (Å²) in [7, 11) is 0. The average Bonchev–Trinajstić information content (AvgIpc) is 2.48. The molecule has 0 aliphatic carbocycles. The number of aryl methyl sites for hydroxylation is 2. The normalized spacial score (nSPS) is 11.3. The molecule has 6 nitrogen and oxygen atoms in total. The molecule has 0 bridgehead atoms. The van der Waals surface area contributed by atoms with E-state index in [1.807, 2.05) is 6.92 Å². The number of aromatic amines is 1. The maximum Gasteiger partial charge on any atom is 0.328 e. The lowest BCUT2D eigenvalue weighted by atomic mass is 10.0. The maximum atomic E-state index is 11.7. The summed E-state index contributed by atoms with van der Waals surface area (Å²) in [6.07, 6.45) is 0.130. The maximum absolute atomic E-state index is 11.7. The van der Waals surface area contributed by atoms with Crippen LogP contribution in [-0.2, 0) is 16.0 Å². The predicted octanol–water partition coefficient (Wildman–Crippen LogP) is 0.548. The van der Waals surface area contributed by atoms with Crippen molar-refractivity contribution in [2.24, 2.45) is 0 Å². The highest BCUT2D eigenvalue weighted by Gasteiger charge is 2.29. The van der Waals surface area contributed by atoms with Crippen LogP contribution in [0.5, 0.6) is 0 Å². The van der Waals surface area contributed by atoms with Crippen molar-refractivity contribution in [1.29, 1.82) is 0 Å². The van der Waals surface area contributed by atoms with Gasteiger partial charge >= 0.3 is 5.97 Å². The number of carbonyl (C=O) groups excluding carboxylic acids is 1. The minimum atomic E-state index is -1.26. The highest BCUT2D eigenvalue weighted by atomic mass is 16.4. The molecule has 0 aliphatic rings. The summed E-state index contributed by atoms with van der Waals surface area (Å²) in [6, 6.07) is 0. The molecule has 94 valence electrons. The molecule has 1 amide bonds. The molecule has 1 heterocycles. The number of aromatic nitrogens is 2. The number of rotatable bonds is 4. The van der Waals surface area contributed by atoms with E-state index in [2.05, 4.69) is 15.5 Å². The van der Waals surface area contributed by atoms with Gasteiger partial charge in [-0.2, -0.15) is 5.10 Å². The Hall–Kier alpha value is -1.85. The van der Waals surface area contributed by atoms with Gasteiger partial charge in [0, 0.05) is 11.3 Å². The molecule has 0 saturated heterocycles. The molecule has 3 N–H and O–H groups in total. The van der Waals surface area contributed by atoms with Crippen molar-refractivity contribution < 1.29 is 14.7 Å². The van der Waals surface area contributed by atoms with Gasteiger partial charge in [0.2, 0.25) is 5.91 Å². The SMILES string of the molecule is Cc1n[nH]c(C)c1CC(=O)NC(C)(C)C(=O)O. The summed E-state index contributed by atoms with van der Waals surface area (Å²) in [5.74, 6) is -1.39. The predicted molar refractivity (Wildman–Crippen MR) is 61.6 cm³/mol. The fraction of sp³-hybridized carbons (Fsp3) is 0.545. The van der Waals surface area contributed by atoms with E-state index in [9.17, 15) is 9.59 Å². The molecule has 6 heteroatoms. The van der Waals surface area contributed by atoms with E-state index in [1.165, 1.54) is 13.8 Å². The fourth-order valence-corrected chi connectivity index (χ4v) is 1.44. The van der Waals surface area contributed by atoms with Crippen molar-refractivity contribution >= 4 is 11.9 Å². The second-order valence-corrected chi connectivity index (χ2v) is 4.57. The van der Waals surface area contributed by atoms with Crippen LogP contribution >= 0.6 is 0 Å². The van der Waals surface area contributed by atoms with E-state index in [0.717, 1.165) is 17.0 Å². The first-order valence-electron chi connectivity index (χ1n) is 5.29. The molecule has 1 rings (SSSR count). The van der Waals surface area contributed by atoms with E-state index >= 15 is 0 Å². The Balaban J connectivity index is 2.72. The number of amides is 1. The summed E-state index contributed by atoms with van der Waals surface area (Å²) < 4.78 is 0. The Kier molecular flexibility index (Phi) is 3.55. The zero-order valence-electron chi connectivity index (χ0n) is 10.4. The lowest BCUT2D eigenvalue weighted by Gasteiger charge is -2.20. The van der Waals surface area contributed by atoms with Gasteiger partial charge in [-0.25, -0.2) is 4.79 Å². The van der Waals surface area contributed by atoms with Crippen molar-refractivity contribution in [3.63, 3.8) is 0 Å². The van der Waals surface area contributed by atoms with Crippen molar-refractivity contribution in [3.05, 3.63) is 17.0 Å². The number of carboxylic acid groups (broad SMARTS) is 1. The smallest absolute Gasteiger partial charge is 0.328 e. The second kappa shape index (κ2) is 4.57. The first kappa shape index (κ1) is 13.2. The van der Waals surface area contributed by atoms with Gasteiger partial charge in [0.05, 0.1) is 12.1 Å². The van der Waals surface area contributed by atoms with E-state index in [-0.39, 0.29) is 12.3 Å². The minimum absolute atomic E-state index is 0.130. The van der Waals surface area contributed by atoms with Gasteiger partial charge in [0.25, 0.3) is 0 Å².